The Morgan fingerprint density at radius 1 is 0.852 bits per heavy atom. The number of aryl methyl sites for hydroxylation is 1. The Morgan fingerprint density at radius 2 is 1.48 bits per heavy atom. The number of rotatable bonds is 4. The molecule has 0 spiro atoms. The normalized spacial score (nSPS) is 11.1. The third-order valence-corrected chi connectivity index (χ3v) is 4.33. The molecule has 4 aromatic rings. The lowest BCUT2D eigenvalue weighted by atomic mass is 10.1. The van der Waals surface area contributed by atoms with Crippen molar-refractivity contribution in [3.63, 3.8) is 0 Å². The fourth-order valence-electron chi connectivity index (χ4n) is 3.02. The molecule has 0 fully saturated rings. The van der Waals surface area contributed by atoms with Crippen LogP contribution >= 0.6 is 0 Å². The van der Waals surface area contributed by atoms with Crippen molar-refractivity contribution in [1.29, 1.82) is 0 Å². The van der Waals surface area contributed by atoms with Crippen molar-refractivity contribution in [2.24, 2.45) is 4.99 Å². The SMILES string of the molecule is Cc1nn(-c2ccccc2)c(/N=C/c2ccc(O)cc2)c1-c1ccccc1. The molecule has 1 aromatic heterocycles. The van der Waals surface area contributed by atoms with Gasteiger partial charge in [0.25, 0.3) is 0 Å². The van der Waals surface area contributed by atoms with E-state index in [-0.39, 0.29) is 5.75 Å². The van der Waals surface area contributed by atoms with Crippen LogP contribution in [-0.4, -0.2) is 21.1 Å². The first-order valence-corrected chi connectivity index (χ1v) is 8.76. The summed E-state index contributed by atoms with van der Waals surface area (Å²) in [5.74, 6) is 1.01. The van der Waals surface area contributed by atoms with Gasteiger partial charge in [-0.3, -0.25) is 0 Å². The standard InChI is InChI=1S/C23H19N3O/c1-17-22(19-8-4-2-5-9-19)23(24-16-18-12-14-21(27)15-13-18)26(25-17)20-10-6-3-7-11-20/h2-16,27H,1H3/b24-16+. The van der Waals surface area contributed by atoms with Gasteiger partial charge < -0.3 is 5.11 Å². The molecule has 1 N–H and O–H groups in total. The van der Waals surface area contributed by atoms with E-state index >= 15 is 0 Å². The third-order valence-electron chi connectivity index (χ3n) is 4.33. The first-order valence-electron chi connectivity index (χ1n) is 8.76. The van der Waals surface area contributed by atoms with Crippen LogP contribution in [0.1, 0.15) is 11.3 Å². The van der Waals surface area contributed by atoms with E-state index in [9.17, 15) is 5.11 Å². The number of nitrogens with zero attached hydrogens (tertiary/aromatic N) is 3. The smallest absolute Gasteiger partial charge is 0.163 e. The second kappa shape index (κ2) is 7.30. The first-order chi connectivity index (χ1) is 13.2. The Balaban J connectivity index is 1.87. The van der Waals surface area contributed by atoms with Gasteiger partial charge in [0.15, 0.2) is 5.82 Å². The highest BCUT2D eigenvalue weighted by atomic mass is 16.3. The van der Waals surface area contributed by atoms with Crippen LogP contribution in [0.2, 0.25) is 0 Å². The minimum atomic E-state index is 0.238. The maximum Gasteiger partial charge on any atom is 0.163 e. The molecule has 0 saturated carbocycles. The van der Waals surface area contributed by atoms with Gasteiger partial charge in [0, 0.05) is 11.8 Å². The van der Waals surface area contributed by atoms with Crippen LogP contribution in [-0.2, 0) is 0 Å². The minimum Gasteiger partial charge on any atom is -0.508 e. The van der Waals surface area contributed by atoms with Gasteiger partial charge in [-0.15, -0.1) is 0 Å². The van der Waals surface area contributed by atoms with E-state index in [1.165, 1.54) is 0 Å². The summed E-state index contributed by atoms with van der Waals surface area (Å²) in [6.45, 7) is 2.00. The summed E-state index contributed by atoms with van der Waals surface area (Å²) >= 11 is 0. The summed E-state index contributed by atoms with van der Waals surface area (Å²) in [5.41, 5.74) is 4.87. The lowest BCUT2D eigenvalue weighted by Crippen LogP contribution is -1.96. The van der Waals surface area contributed by atoms with Gasteiger partial charge in [-0.2, -0.15) is 5.10 Å². The van der Waals surface area contributed by atoms with Crippen LogP contribution in [0.5, 0.6) is 5.75 Å². The molecule has 0 aliphatic carbocycles. The van der Waals surface area contributed by atoms with Crippen LogP contribution < -0.4 is 0 Å². The topological polar surface area (TPSA) is 50.4 Å². The van der Waals surface area contributed by atoms with E-state index in [0.29, 0.717) is 0 Å². The number of aromatic hydroxyl groups is 1. The van der Waals surface area contributed by atoms with Crippen molar-refractivity contribution in [1.82, 2.24) is 9.78 Å². The predicted molar refractivity (Wildman–Crippen MR) is 109 cm³/mol. The van der Waals surface area contributed by atoms with Crippen LogP contribution in [0.4, 0.5) is 5.82 Å². The van der Waals surface area contributed by atoms with E-state index in [0.717, 1.165) is 33.9 Å². The summed E-state index contributed by atoms with van der Waals surface area (Å²) < 4.78 is 1.87. The number of phenols is 1. The van der Waals surface area contributed by atoms with Crippen molar-refractivity contribution in [3.8, 4) is 22.6 Å². The summed E-state index contributed by atoms with van der Waals surface area (Å²) in [4.78, 5) is 4.77. The van der Waals surface area contributed by atoms with Gasteiger partial charge in [0.2, 0.25) is 0 Å². The Bertz CT molecular complexity index is 1070. The highest BCUT2D eigenvalue weighted by Gasteiger charge is 2.17. The second-order valence-electron chi connectivity index (χ2n) is 6.25. The van der Waals surface area contributed by atoms with Gasteiger partial charge in [-0.1, -0.05) is 48.5 Å². The molecule has 1 heterocycles. The molecule has 0 atom stereocenters. The molecule has 0 radical (unpaired) electrons. The number of benzene rings is 3. The summed E-state index contributed by atoms with van der Waals surface area (Å²) in [6, 6.07) is 27.1. The zero-order chi connectivity index (χ0) is 18.6. The van der Waals surface area contributed by atoms with Crippen molar-refractivity contribution >= 4 is 12.0 Å². The van der Waals surface area contributed by atoms with Gasteiger partial charge in [0.05, 0.1) is 11.4 Å². The zero-order valence-corrected chi connectivity index (χ0v) is 14.9. The van der Waals surface area contributed by atoms with Crippen molar-refractivity contribution in [2.75, 3.05) is 0 Å². The number of phenolic OH excluding ortho intramolecular Hbond substituents is 1. The molecule has 0 aliphatic heterocycles. The molecule has 0 amide bonds. The maximum absolute atomic E-state index is 9.47. The molecular formula is C23H19N3O. The largest absolute Gasteiger partial charge is 0.508 e. The van der Waals surface area contributed by atoms with Gasteiger partial charge in [0.1, 0.15) is 5.75 Å². The van der Waals surface area contributed by atoms with Crippen LogP contribution in [0, 0.1) is 6.92 Å². The molecule has 4 nitrogen and oxygen atoms in total. The number of hydrogen-bond acceptors (Lipinski definition) is 3. The molecule has 4 heteroatoms. The zero-order valence-electron chi connectivity index (χ0n) is 14.9. The van der Waals surface area contributed by atoms with E-state index in [2.05, 4.69) is 12.1 Å². The average molecular weight is 353 g/mol. The number of hydrogen-bond donors (Lipinski definition) is 1. The Kier molecular flexibility index (Phi) is 4.54. The fourth-order valence-corrected chi connectivity index (χ4v) is 3.02. The molecule has 0 unspecified atom stereocenters. The lowest BCUT2D eigenvalue weighted by molar-refractivity contribution is 0.475. The Morgan fingerprint density at radius 3 is 2.15 bits per heavy atom. The fraction of sp³-hybridized carbons (Fsp3) is 0.0435. The third kappa shape index (κ3) is 3.51. The van der Waals surface area contributed by atoms with Crippen LogP contribution in [0.25, 0.3) is 16.8 Å². The Labute approximate surface area is 158 Å². The molecule has 132 valence electrons. The Hall–Kier alpha value is -3.66. The van der Waals surface area contributed by atoms with E-state index < -0.39 is 0 Å². The molecule has 0 aliphatic rings. The van der Waals surface area contributed by atoms with Gasteiger partial charge in [-0.05, 0) is 54.4 Å². The van der Waals surface area contributed by atoms with Crippen LogP contribution in [0.15, 0.2) is 89.9 Å². The molecule has 0 saturated heterocycles. The minimum absolute atomic E-state index is 0.238. The maximum atomic E-state index is 9.47. The van der Waals surface area contributed by atoms with E-state index in [1.54, 1.807) is 18.3 Å². The number of aromatic nitrogens is 2. The highest BCUT2D eigenvalue weighted by molar-refractivity contribution is 5.86. The van der Waals surface area contributed by atoms with Gasteiger partial charge in [-0.25, -0.2) is 9.67 Å². The van der Waals surface area contributed by atoms with Crippen LogP contribution in [0.3, 0.4) is 0 Å². The summed E-state index contributed by atoms with van der Waals surface area (Å²) in [7, 11) is 0. The van der Waals surface area contributed by atoms with Crippen molar-refractivity contribution < 1.29 is 5.11 Å². The number of para-hydroxylation sites is 1. The molecule has 4 rings (SSSR count). The highest BCUT2D eigenvalue weighted by Crippen LogP contribution is 2.35. The van der Waals surface area contributed by atoms with Gasteiger partial charge >= 0.3 is 0 Å². The first kappa shape index (κ1) is 16.8. The van der Waals surface area contributed by atoms with Crippen molar-refractivity contribution in [3.05, 3.63) is 96.2 Å². The second-order valence-corrected chi connectivity index (χ2v) is 6.25. The lowest BCUT2D eigenvalue weighted by Gasteiger charge is -2.06. The predicted octanol–water partition coefficient (Wildman–Crippen LogP) is 5.30. The quantitative estimate of drug-likeness (QED) is 0.506. The van der Waals surface area contributed by atoms with E-state index in [4.69, 9.17) is 10.1 Å². The number of aliphatic imine (C=N–C) groups is 1. The molecule has 27 heavy (non-hydrogen) atoms. The molecular weight excluding hydrogens is 334 g/mol. The molecule has 3 aromatic carbocycles. The average Bonchev–Trinajstić information content (AvgIpc) is 3.05. The summed E-state index contributed by atoms with van der Waals surface area (Å²) in [6.07, 6.45) is 1.79. The van der Waals surface area contributed by atoms with Crippen molar-refractivity contribution in [2.45, 2.75) is 6.92 Å². The monoisotopic (exact) mass is 353 g/mol. The molecule has 0 bridgehead atoms. The van der Waals surface area contributed by atoms with E-state index in [1.807, 2.05) is 72.3 Å². The summed E-state index contributed by atoms with van der Waals surface area (Å²) in [5, 5.41) is 14.2.